The fourth-order valence-corrected chi connectivity index (χ4v) is 3.19. The van der Waals surface area contributed by atoms with Gasteiger partial charge in [0.05, 0.1) is 6.04 Å². The number of nitrogens with zero attached hydrogens (tertiary/aromatic N) is 2. The largest absolute Gasteiger partial charge is 0.444 e. The molecule has 0 radical (unpaired) electrons. The Morgan fingerprint density at radius 1 is 1.16 bits per heavy atom. The number of piperidine rings is 1. The van der Waals surface area contributed by atoms with E-state index in [0.717, 1.165) is 45.3 Å². The molecular formula is C19H35N3O3. The Labute approximate surface area is 152 Å². The number of nitrogens with two attached hydrogens (primary N) is 1. The van der Waals surface area contributed by atoms with E-state index < -0.39 is 11.6 Å². The van der Waals surface area contributed by atoms with E-state index in [9.17, 15) is 9.59 Å². The lowest BCUT2D eigenvalue weighted by Gasteiger charge is -2.36. The predicted octanol–water partition coefficient (Wildman–Crippen LogP) is 2.61. The SMILES string of the molecule is CC(C)C(N)C(=O)N1CCC(CN(C(=O)OC(C)(C)C)C2CC2)CC1. The van der Waals surface area contributed by atoms with E-state index in [-0.39, 0.29) is 17.9 Å². The maximum Gasteiger partial charge on any atom is 0.410 e. The van der Waals surface area contributed by atoms with Gasteiger partial charge in [0.2, 0.25) is 5.91 Å². The van der Waals surface area contributed by atoms with Crippen LogP contribution in [0.25, 0.3) is 0 Å². The lowest BCUT2D eigenvalue weighted by Crippen LogP contribution is -2.50. The molecule has 2 N–H and O–H groups in total. The van der Waals surface area contributed by atoms with Crippen molar-refractivity contribution in [3.05, 3.63) is 0 Å². The summed E-state index contributed by atoms with van der Waals surface area (Å²) in [6.07, 6.45) is 3.78. The Bertz CT molecular complexity index is 475. The van der Waals surface area contributed by atoms with Crippen molar-refractivity contribution in [3.63, 3.8) is 0 Å². The molecule has 2 aliphatic rings. The smallest absolute Gasteiger partial charge is 0.410 e. The molecule has 25 heavy (non-hydrogen) atoms. The van der Waals surface area contributed by atoms with Gasteiger partial charge in [0.1, 0.15) is 5.60 Å². The molecule has 1 heterocycles. The van der Waals surface area contributed by atoms with E-state index in [1.165, 1.54) is 0 Å². The van der Waals surface area contributed by atoms with Crippen LogP contribution < -0.4 is 5.73 Å². The highest BCUT2D eigenvalue weighted by atomic mass is 16.6. The third kappa shape index (κ3) is 5.87. The molecule has 6 nitrogen and oxygen atoms in total. The molecule has 1 atom stereocenters. The maximum absolute atomic E-state index is 12.5. The number of carbonyl (C=O) groups excluding carboxylic acids is 2. The minimum atomic E-state index is -0.465. The second kappa shape index (κ2) is 7.94. The molecule has 1 saturated carbocycles. The second-order valence-corrected chi connectivity index (χ2v) is 8.90. The van der Waals surface area contributed by atoms with Crippen molar-refractivity contribution in [1.29, 1.82) is 0 Å². The molecule has 1 saturated heterocycles. The fourth-order valence-electron chi connectivity index (χ4n) is 3.19. The first-order valence-corrected chi connectivity index (χ1v) is 9.62. The summed E-state index contributed by atoms with van der Waals surface area (Å²) in [5.74, 6) is 0.634. The highest BCUT2D eigenvalue weighted by Gasteiger charge is 2.37. The van der Waals surface area contributed by atoms with Crippen LogP contribution in [0.2, 0.25) is 0 Å². The molecule has 0 spiro atoms. The molecule has 0 aromatic carbocycles. The highest BCUT2D eigenvalue weighted by Crippen LogP contribution is 2.31. The first kappa shape index (κ1) is 20.0. The zero-order chi connectivity index (χ0) is 18.8. The summed E-state index contributed by atoms with van der Waals surface area (Å²) in [7, 11) is 0. The van der Waals surface area contributed by atoms with E-state index in [4.69, 9.17) is 10.5 Å². The van der Waals surface area contributed by atoms with Gasteiger partial charge >= 0.3 is 6.09 Å². The van der Waals surface area contributed by atoms with E-state index in [0.29, 0.717) is 12.0 Å². The topological polar surface area (TPSA) is 75.9 Å². The summed E-state index contributed by atoms with van der Waals surface area (Å²) in [5.41, 5.74) is 5.53. The Balaban J connectivity index is 1.85. The monoisotopic (exact) mass is 353 g/mol. The van der Waals surface area contributed by atoms with Gasteiger partial charge in [-0.25, -0.2) is 4.79 Å². The number of ether oxygens (including phenoxy) is 1. The van der Waals surface area contributed by atoms with Crippen LogP contribution in [0.5, 0.6) is 0 Å². The van der Waals surface area contributed by atoms with Crippen molar-refractivity contribution in [1.82, 2.24) is 9.80 Å². The average molecular weight is 354 g/mol. The Morgan fingerprint density at radius 3 is 2.16 bits per heavy atom. The molecule has 1 aliphatic heterocycles. The number of carbonyl (C=O) groups is 2. The lowest BCUT2D eigenvalue weighted by molar-refractivity contribution is -0.135. The van der Waals surface area contributed by atoms with Gasteiger partial charge in [0, 0.05) is 25.7 Å². The molecule has 6 heteroatoms. The molecule has 2 amide bonds. The van der Waals surface area contributed by atoms with Crippen LogP contribution in [0.3, 0.4) is 0 Å². The van der Waals surface area contributed by atoms with Crippen molar-refractivity contribution in [2.75, 3.05) is 19.6 Å². The van der Waals surface area contributed by atoms with E-state index in [1.807, 2.05) is 44.4 Å². The molecule has 2 fully saturated rings. The second-order valence-electron chi connectivity index (χ2n) is 8.90. The van der Waals surface area contributed by atoms with Gasteiger partial charge < -0.3 is 20.3 Å². The third-order valence-corrected chi connectivity index (χ3v) is 5.00. The number of hydrogen-bond acceptors (Lipinski definition) is 4. The van der Waals surface area contributed by atoms with Gasteiger partial charge in [0.25, 0.3) is 0 Å². The van der Waals surface area contributed by atoms with Crippen molar-refractivity contribution in [3.8, 4) is 0 Å². The molecule has 0 aromatic heterocycles. The van der Waals surface area contributed by atoms with Crippen molar-refractivity contribution in [2.45, 2.75) is 78.0 Å². The molecule has 1 unspecified atom stereocenters. The summed E-state index contributed by atoms with van der Waals surface area (Å²) >= 11 is 0. The minimum Gasteiger partial charge on any atom is -0.444 e. The molecule has 144 valence electrons. The van der Waals surface area contributed by atoms with Crippen LogP contribution in [0.4, 0.5) is 4.79 Å². The first-order chi connectivity index (χ1) is 11.6. The molecule has 1 aliphatic carbocycles. The molecular weight excluding hydrogens is 318 g/mol. The van der Waals surface area contributed by atoms with Crippen molar-refractivity contribution >= 4 is 12.0 Å². The summed E-state index contributed by atoms with van der Waals surface area (Å²) in [6, 6.07) is -0.0786. The number of rotatable bonds is 5. The Morgan fingerprint density at radius 2 is 1.72 bits per heavy atom. The van der Waals surface area contributed by atoms with Crippen molar-refractivity contribution < 1.29 is 14.3 Å². The van der Waals surface area contributed by atoms with Crippen LogP contribution in [0.1, 0.15) is 60.3 Å². The Kier molecular flexibility index (Phi) is 6.35. The number of hydrogen-bond donors (Lipinski definition) is 1. The van der Waals surface area contributed by atoms with Gasteiger partial charge in [-0.05, 0) is 58.3 Å². The quantitative estimate of drug-likeness (QED) is 0.824. The van der Waals surface area contributed by atoms with E-state index in [2.05, 4.69) is 0 Å². The molecule has 0 bridgehead atoms. The summed E-state index contributed by atoms with van der Waals surface area (Å²) in [6.45, 7) is 11.9. The van der Waals surface area contributed by atoms with Crippen LogP contribution in [-0.2, 0) is 9.53 Å². The van der Waals surface area contributed by atoms with Gasteiger partial charge in [-0.2, -0.15) is 0 Å². The number of likely N-dealkylation sites (tertiary alicyclic amines) is 1. The van der Waals surface area contributed by atoms with Gasteiger partial charge in [-0.15, -0.1) is 0 Å². The number of amides is 2. The van der Waals surface area contributed by atoms with Crippen LogP contribution in [-0.4, -0.2) is 59.1 Å². The third-order valence-electron chi connectivity index (χ3n) is 5.00. The fraction of sp³-hybridized carbons (Fsp3) is 0.895. The zero-order valence-electron chi connectivity index (χ0n) is 16.5. The van der Waals surface area contributed by atoms with Gasteiger partial charge in [-0.1, -0.05) is 13.8 Å². The average Bonchev–Trinajstić information content (AvgIpc) is 3.34. The van der Waals surface area contributed by atoms with Crippen LogP contribution >= 0.6 is 0 Å². The van der Waals surface area contributed by atoms with Crippen molar-refractivity contribution in [2.24, 2.45) is 17.6 Å². The van der Waals surface area contributed by atoms with Crippen LogP contribution in [0, 0.1) is 11.8 Å². The van der Waals surface area contributed by atoms with E-state index in [1.54, 1.807) is 0 Å². The molecule has 0 aromatic rings. The Hall–Kier alpha value is -1.30. The predicted molar refractivity (Wildman–Crippen MR) is 98.1 cm³/mol. The highest BCUT2D eigenvalue weighted by molar-refractivity contribution is 5.82. The maximum atomic E-state index is 12.5. The minimum absolute atomic E-state index is 0.0552. The normalized spacial score (nSPS) is 20.5. The van der Waals surface area contributed by atoms with Gasteiger partial charge in [-0.3, -0.25) is 4.79 Å². The molecule has 2 rings (SSSR count). The lowest BCUT2D eigenvalue weighted by atomic mass is 9.94. The van der Waals surface area contributed by atoms with Gasteiger partial charge in [0.15, 0.2) is 0 Å². The van der Waals surface area contributed by atoms with E-state index >= 15 is 0 Å². The standard InChI is InChI=1S/C19H35N3O3/c1-13(2)16(20)17(23)21-10-8-14(9-11-21)12-22(15-6-7-15)18(24)25-19(3,4)5/h13-16H,6-12,20H2,1-5H3. The summed E-state index contributed by atoms with van der Waals surface area (Å²) < 4.78 is 5.57. The first-order valence-electron chi connectivity index (χ1n) is 9.62. The van der Waals surface area contributed by atoms with Crippen LogP contribution in [0.15, 0.2) is 0 Å². The summed E-state index contributed by atoms with van der Waals surface area (Å²) in [4.78, 5) is 28.6. The summed E-state index contributed by atoms with van der Waals surface area (Å²) in [5, 5.41) is 0. The zero-order valence-corrected chi connectivity index (χ0v) is 16.5.